The highest BCUT2D eigenvalue weighted by molar-refractivity contribution is 5.91. The van der Waals surface area contributed by atoms with E-state index in [0.29, 0.717) is 5.69 Å². The summed E-state index contributed by atoms with van der Waals surface area (Å²) < 4.78 is 15.6. The number of aromatic nitrogens is 2. The van der Waals surface area contributed by atoms with Crippen molar-refractivity contribution < 1.29 is 9.18 Å². The van der Waals surface area contributed by atoms with E-state index in [1.165, 1.54) is 33.5 Å². The van der Waals surface area contributed by atoms with Crippen molar-refractivity contribution in [3.05, 3.63) is 46.9 Å². The normalized spacial score (nSPS) is 10.4. The molecular formula is C12H13FN4O2. The zero-order valence-corrected chi connectivity index (χ0v) is 10.3. The number of nitrogens with two attached hydrogens (primary N) is 1. The van der Waals surface area contributed by atoms with Crippen LogP contribution in [0, 0.1) is 5.82 Å². The molecule has 0 aliphatic rings. The average molecular weight is 264 g/mol. The van der Waals surface area contributed by atoms with E-state index in [4.69, 9.17) is 5.73 Å². The van der Waals surface area contributed by atoms with Crippen LogP contribution in [0.25, 0.3) is 0 Å². The van der Waals surface area contributed by atoms with E-state index in [2.05, 4.69) is 5.32 Å². The minimum atomic E-state index is -0.544. The number of carbonyl (C=O) groups excluding carboxylic acids is 1. The molecule has 1 amide bonds. The molecule has 0 fully saturated rings. The number of nitrogens with zero attached hydrogens (tertiary/aromatic N) is 2. The van der Waals surface area contributed by atoms with E-state index < -0.39 is 5.82 Å². The summed E-state index contributed by atoms with van der Waals surface area (Å²) in [5.74, 6) is -0.934. The zero-order valence-electron chi connectivity index (χ0n) is 10.3. The number of carbonyl (C=O) groups is 1. The number of amides is 1. The molecule has 0 spiro atoms. The van der Waals surface area contributed by atoms with E-state index in [1.807, 2.05) is 0 Å². The quantitative estimate of drug-likeness (QED) is 0.794. The Morgan fingerprint density at radius 3 is 2.74 bits per heavy atom. The van der Waals surface area contributed by atoms with Crippen molar-refractivity contribution in [1.29, 1.82) is 0 Å². The van der Waals surface area contributed by atoms with Crippen molar-refractivity contribution >= 4 is 17.3 Å². The second-order valence-corrected chi connectivity index (χ2v) is 4.10. The lowest BCUT2D eigenvalue weighted by atomic mass is 10.2. The predicted molar refractivity (Wildman–Crippen MR) is 69.1 cm³/mol. The first kappa shape index (κ1) is 12.9. The van der Waals surface area contributed by atoms with Crippen LogP contribution < -0.4 is 16.7 Å². The van der Waals surface area contributed by atoms with Gasteiger partial charge in [0, 0.05) is 25.1 Å². The van der Waals surface area contributed by atoms with Crippen LogP contribution in [0.3, 0.4) is 0 Å². The van der Waals surface area contributed by atoms with E-state index in [1.54, 1.807) is 13.2 Å². The highest BCUT2D eigenvalue weighted by atomic mass is 19.1. The Morgan fingerprint density at radius 1 is 1.42 bits per heavy atom. The first-order chi connectivity index (χ1) is 8.97. The number of imidazole rings is 1. The Balaban J connectivity index is 2.07. The van der Waals surface area contributed by atoms with Gasteiger partial charge in [-0.15, -0.1) is 0 Å². The molecule has 7 heteroatoms. The summed E-state index contributed by atoms with van der Waals surface area (Å²) in [5.41, 5.74) is 5.44. The minimum absolute atomic E-state index is 0.0466. The second kappa shape index (κ2) is 4.97. The molecule has 1 heterocycles. The monoisotopic (exact) mass is 264 g/mol. The Kier molecular flexibility index (Phi) is 3.37. The summed E-state index contributed by atoms with van der Waals surface area (Å²) in [6, 6.07) is 3.89. The van der Waals surface area contributed by atoms with Gasteiger partial charge in [-0.3, -0.25) is 9.36 Å². The van der Waals surface area contributed by atoms with Crippen LogP contribution in [0.1, 0.15) is 0 Å². The van der Waals surface area contributed by atoms with Crippen LogP contribution in [-0.2, 0) is 18.4 Å². The topological polar surface area (TPSA) is 82.1 Å². The van der Waals surface area contributed by atoms with Gasteiger partial charge < -0.3 is 15.6 Å². The first-order valence-electron chi connectivity index (χ1n) is 5.54. The molecule has 0 saturated carbocycles. The van der Waals surface area contributed by atoms with Crippen molar-refractivity contribution in [2.24, 2.45) is 7.05 Å². The van der Waals surface area contributed by atoms with Gasteiger partial charge in [-0.05, 0) is 18.2 Å². The summed E-state index contributed by atoms with van der Waals surface area (Å²) in [4.78, 5) is 23.3. The van der Waals surface area contributed by atoms with Gasteiger partial charge in [-0.25, -0.2) is 9.18 Å². The third-order valence-corrected chi connectivity index (χ3v) is 2.61. The summed E-state index contributed by atoms with van der Waals surface area (Å²) >= 11 is 0. The lowest BCUT2D eigenvalue weighted by Crippen LogP contribution is -2.28. The molecule has 2 rings (SSSR count). The van der Waals surface area contributed by atoms with Gasteiger partial charge in [0.25, 0.3) is 0 Å². The Bertz CT molecular complexity index is 675. The fraction of sp³-hybridized carbons (Fsp3) is 0.167. The third-order valence-electron chi connectivity index (χ3n) is 2.61. The standard InChI is InChI=1S/C12H13FN4O2/c1-16-4-5-17(12(16)19)7-11(18)15-8-2-3-9(13)10(14)6-8/h2-6H,7,14H2,1H3,(H,15,18). The molecule has 2 aromatic rings. The highest BCUT2D eigenvalue weighted by Crippen LogP contribution is 2.16. The Morgan fingerprint density at radius 2 is 2.16 bits per heavy atom. The van der Waals surface area contributed by atoms with Crippen LogP contribution in [-0.4, -0.2) is 15.0 Å². The van der Waals surface area contributed by atoms with Gasteiger partial charge in [0.15, 0.2) is 0 Å². The summed E-state index contributed by atoms with van der Waals surface area (Å²) in [5, 5.41) is 2.54. The van der Waals surface area contributed by atoms with Crippen LogP contribution in [0.4, 0.5) is 15.8 Å². The predicted octanol–water partition coefficient (Wildman–Crippen LogP) is 0.547. The molecular weight excluding hydrogens is 251 g/mol. The number of nitrogens with one attached hydrogen (secondary N) is 1. The van der Waals surface area contributed by atoms with E-state index in [-0.39, 0.29) is 23.8 Å². The zero-order chi connectivity index (χ0) is 14.0. The summed E-state index contributed by atoms with van der Waals surface area (Å²) in [6.07, 6.45) is 3.08. The van der Waals surface area contributed by atoms with Gasteiger partial charge in [-0.1, -0.05) is 0 Å². The van der Waals surface area contributed by atoms with Crippen molar-refractivity contribution in [2.75, 3.05) is 11.1 Å². The van der Waals surface area contributed by atoms with E-state index >= 15 is 0 Å². The molecule has 19 heavy (non-hydrogen) atoms. The number of hydrogen-bond donors (Lipinski definition) is 2. The SMILES string of the molecule is Cn1ccn(CC(=O)Nc2ccc(F)c(N)c2)c1=O. The molecule has 6 nitrogen and oxygen atoms in total. The van der Waals surface area contributed by atoms with Gasteiger partial charge in [-0.2, -0.15) is 0 Å². The van der Waals surface area contributed by atoms with Crippen molar-refractivity contribution in [3.8, 4) is 0 Å². The molecule has 100 valence electrons. The molecule has 3 N–H and O–H groups in total. The van der Waals surface area contributed by atoms with Gasteiger partial charge >= 0.3 is 5.69 Å². The number of halogens is 1. The Labute approximate surface area is 108 Å². The average Bonchev–Trinajstić information content (AvgIpc) is 2.66. The maximum Gasteiger partial charge on any atom is 0.328 e. The van der Waals surface area contributed by atoms with Gasteiger partial charge in [0.1, 0.15) is 12.4 Å². The fourth-order valence-corrected chi connectivity index (χ4v) is 1.61. The van der Waals surface area contributed by atoms with E-state index in [9.17, 15) is 14.0 Å². The van der Waals surface area contributed by atoms with Gasteiger partial charge in [0.2, 0.25) is 5.91 Å². The summed E-state index contributed by atoms with van der Waals surface area (Å²) in [6.45, 7) is -0.114. The number of benzene rings is 1. The molecule has 0 unspecified atom stereocenters. The molecule has 0 saturated heterocycles. The number of aryl methyl sites for hydroxylation is 1. The fourth-order valence-electron chi connectivity index (χ4n) is 1.61. The van der Waals surface area contributed by atoms with Crippen LogP contribution in [0.15, 0.2) is 35.4 Å². The number of hydrogen-bond acceptors (Lipinski definition) is 3. The van der Waals surface area contributed by atoms with Crippen molar-refractivity contribution in [3.63, 3.8) is 0 Å². The number of rotatable bonds is 3. The lowest BCUT2D eigenvalue weighted by Gasteiger charge is -2.06. The van der Waals surface area contributed by atoms with Crippen LogP contribution >= 0.6 is 0 Å². The Hall–Kier alpha value is -2.57. The smallest absolute Gasteiger partial charge is 0.328 e. The van der Waals surface area contributed by atoms with Crippen LogP contribution in [0.2, 0.25) is 0 Å². The molecule has 1 aromatic carbocycles. The molecule has 0 bridgehead atoms. The summed E-state index contributed by atoms with van der Waals surface area (Å²) in [7, 11) is 1.59. The molecule has 0 radical (unpaired) electrons. The second-order valence-electron chi connectivity index (χ2n) is 4.10. The maximum atomic E-state index is 13.0. The molecule has 0 aliphatic carbocycles. The van der Waals surface area contributed by atoms with Crippen molar-refractivity contribution in [1.82, 2.24) is 9.13 Å². The largest absolute Gasteiger partial charge is 0.396 e. The molecule has 1 aromatic heterocycles. The number of anilines is 2. The van der Waals surface area contributed by atoms with Gasteiger partial charge in [0.05, 0.1) is 5.69 Å². The maximum absolute atomic E-state index is 13.0. The lowest BCUT2D eigenvalue weighted by molar-refractivity contribution is -0.116. The van der Waals surface area contributed by atoms with Crippen LogP contribution in [0.5, 0.6) is 0 Å². The molecule has 0 aliphatic heterocycles. The number of nitrogen functional groups attached to an aromatic ring is 1. The highest BCUT2D eigenvalue weighted by Gasteiger charge is 2.08. The first-order valence-corrected chi connectivity index (χ1v) is 5.54. The molecule has 0 atom stereocenters. The third kappa shape index (κ3) is 2.82. The minimum Gasteiger partial charge on any atom is -0.396 e. The van der Waals surface area contributed by atoms with E-state index in [0.717, 1.165) is 0 Å². The van der Waals surface area contributed by atoms with Crippen molar-refractivity contribution in [2.45, 2.75) is 6.54 Å².